The van der Waals surface area contributed by atoms with Crippen LogP contribution < -0.4 is 0 Å². The van der Waals surface area contributed by atoms with Crippen LogP contribution in [0.1, 0.15) is 21.5 Å². The molecule has 0 aliphatic carbocycles. The van der Waals surface area contributed by atoms with Crippen molar-refractivity contribution in [1.82, 2.24) is 4.98 Å². The quantitative estimate of drug-likeness (QED) is 0.528. The van der Waals surface area contributed by atoms with Gasteiger partial charge in [-0.25, -0.2) is 18.2 Å². The zero-order valence-corrected chi connectivity index (χ0v) is 17.2. The Morgan fingerprint density at radius 3 is 2.41 bits per heavy atom. The van der Waals surface area contributed by atoms with E-state index in [9.17, 15) is 31.5 Å². The lowest BCUT2D eigenvalue weighted by Crippen LogP contribution is -2.09. The minimum Gasteiger partial charge on any atom is -0.478 e. The van der Waals surface area contributed by atoms with E-state index in [0.29, 0.717) is 0 Å². The zero-order chi connectivity index (χ0) is 21.6. The van der Waals surface area contributed by atoms with Crippen LogP contribution in [0.3, 0.4) is 0 Å². The van der Waals surface area contributed by atoms with Gasteiger partial charge in [0, 0.05) is 28.1 Å². The van der Waals surface area contributed by atoms with E-state index in [1.54, 1.807) is 0 Å². The summed E-state index contributed by atoms with van der Waals surface area (Å²) in [5.41, 5.74) is -0.621. The number of alkyl halides is 4. The van der Waals surface area contributed by atoms with Gasteiger partial charge in [0.1, 0.15) is 0 Å². The summed E-state index contributed by atoms with van der Waals surface area (Å²) in [6.07, 6.45) is -3.58. The molecule has 2 aromatic carbocycles. The summed E-state index contributed by atoms with van der Waals surface area (Å²) in [6, 6.07) is 8.27. The Bertz CT molecular complexity index is 1240. The average molecular weight is 488 g/mol. The highest BCUT2D eigenvalue weighted by Gasteiger charge is 2.31. The molecule has 10 heteroatoms. The second-order valence-electron chi connectivity index (χ2n) is 6.28. The van der Waals surface area contributed by atoms with E-state index >= 15 is 0 Å². The summed E-state index contributed by atoms with van der Waals surface area (Å²) in [4.78, 5) is 16.3. The third kappa shape index (κ3) is 4.13. The fourth-order valence-electron chi connectivity index (χ4n) is 2.97. The lowest BCUT2D eigenvalue weighted by atomic mass is 9.97. The first-order valence-electron chi connectivity index (χ1n) is 8.07. The van der Waals surface area contributed by atoms with Gasteiger partial charge in [0.2, 0.25) is 0 Å². The number of benzene rings is 2. The van der Waals surface area contributed by atoms with Crippen LogP contribution in [0.4, 0.5) is 13.2 Å². The maximum absolute atomic E-state index is 13.1. The summed E-state index contributed by atoms with van der Waals surface area (Å²) in [5, 5.41) is 9.85. The van der Waals surface area contributed by atoms with Gasteiger partial charge < -0.3 is 5.11 Å². The van der Waals surface area contributed by atoms with Crippen LogP contribution in [0.25, 0.3) is 22.2 Å². The van der Waals surface area contributed by atoms with Crippen molar-refractivity contribution >= 4 is 42.6 Å². The Morgan fingerprint density at radius 2 is 1.86 bits per heavy atom. The molecule has 3 aromatic rings. The molecule has 3 rings (SSSR count). The summed E-state index contributed by atoms with van der Waals surface area (Å²) < 4.78 is 63.0. The van der Waals surface area contributed by atoms with E-state index in [1.807, 2.05) is 0 Å². The van der Waals surface area contributed by atoms with E-state index in [0.717, 1.165) is 18.4 Å². The first-order chi connectivity index (χ1) is 13.4. The summed E-state index contributed by atoms with van der Waals surface area (Å²) in [7, 11) is -3.60. The predicted octanol–water partition coefficient (Wildman–Crippen LogP) is 4.92. The molecule has 29 heavy (non-hydrogen) atoms. The van der Waals surface area contributed by atoms with Crippen LogP contribution in [0, 0.1) is 0 Å². The SMILES string of the molecule is CS(=O)(=O)c1ccc2nc(-c3cccc(C(F)(F)F)c3)c(CBr)c(C(=O)O)c2c1. The number of aromatic nitrogens is 1. The normalized spacial score (nSPS) is 12.3. The molecular weight excluding hydrogens is 475 g/mol. The average Bonchev–Trinajstić information content (AvgIpc) is 2.64. The standard InChI is InChI=1S/C19H13BrF3NO4S/c1-29(27,28)12-5-6-15-13(8-12)16(18(25)26)14(9-20)17(24-15)10-3-2-4-11(7-10)19(21,22)23/h2-8H,9H2,1H3,(H,25,26). The molecule has 0 spiro atoms. The smallest absolute Gasteiger partial charge is 0.416 e. The number of rotatable bonds is 4. The van der Waals surface area contributed by atoms with Crippen molar-refractivity contribution < 1.29 is 31.5 Å². The molecule has 0 unspecified atom stereocenters. The van der Waals surface area contributed by atoms with Crippen molar-refractivity contribution in [3.05, 3.63) is 59.2 Å². The van der Waals surface area contributed by atoms with Crippen LogP contribution in [0.15, 0.2) is 47.4 Å². The number of pyridine rings is 1. The summed E-state index contributed by atoms with van der Waals surface area (Å²) in [6.45, 7) is 0. The van der Waals surface area contributed by atoms with Gasteiger partial charge in [-0.3, -0.25) is 0 Å². The van der Waals surface area contributed by atoms with Crippen molar-refractivity contribution in [2.24, 2.45) is 0 Å². The highest BCUT2D eigenvalue weighted by atomic mass is 79.9. The molecule has 0 bridgehead atoms. The number of aromatic carboxylic acids is 1. The minimum absolute atomic E-state index is 0.00768. The first kappa shape index (κ1) is 21.3. The zero-order valence-electron chi connectivity index (χ0n) is 14.8. The molecule has 1 N–H and O–H groups in total. The van der Waals surface area contributed by atoms with E-state index in [1.165, 1.54) is 30.3 Å². The minimum atomic E-state index is -4.57. The van der Waals surface area contributed by atoms with E-state index in [4.69, 9.17) is 0 Å². The third-order valence-electron chi connectivity index (χ3n) is 4.30. The van der Waals surface area contributed by atoms with Crippen molar-refractivity contribution in [2.75, 3.05) is 6.26 Å². The molecule has 0 atom stereocenters. The lowest BCUT2D eigenvalue weighted by Gasteiger charge is -2.15. The highest BCUT2D eigenvalue weighted by molar-refractivity contribution is 9.08. The topological polar surface area (TPSA) is 84.3 Å². The maximum Gasteiger partial charge on any atom is 0.416 e. The van der Waals surface area contributed by atoms with Gasteiger partial charge in [0.25, 0.3) is 0 Å². The van der Waals surface area contributed by atoms with Gasteiger partial charge in [-0.15, -0.1) is 0 Å². The van der Waals surface area contributed by atoms with Gasteiger partial charge in [0.15, 0.2) is 9.84 Å². The van der Waals surface area contributed by atoms with Crippen LogP contribution in [0.5, 0.6) is 0 Å². The number of nitrogens with zero attached hydrogens (tertiary/aromatic N) is 1. The number of carboxylic acid groups (broad SMARTS) is 1. The number of sulfone groups is 1. The Balaban J connectivity index is 2.40. The fourth-order valence-corrected chi connectivity index (χ4v) is 4.16. The van der Waals surface area contributed by atoms with Crippen molar-refractivity contribution in [1.29, 1.82) is 0 Å². The maximum atomic E-state index is 13.1. The summed E-state index contributed by atoms with van der Waals surface area (Å²) in [5.74, 6) is -1.34. The van der Waals surface area contributed by atoms with Gasteiger partial charge in [-0.05, 0) is 30.3 Å². The second-order valence-corrected chi connectivity index (χ2v) is 8.86. The molecule has 0 saturated carbocycles. The molecule has 152 valence electrons. The van der Waals surface area contributed by atoms with Crippen LogP contribution in [0.2, 0.25) is 0 Å². The molecule has 0 aliphatic rings. The third-order valence-corrected chi connectivity index (χ3v) is 5.97. The van der Waals surface area contributed by atoms with Crippen molar-refractivity contribution in [3.63, 3.8) is 0 Å². The molecular formula is C19H13BrF3NO4S. The molecule has 1 heterocycles. The predicted molar refractivity (Wildman–Crippen MR) is 105 cm³/mol. The van der Waals surface area contributed by atoms with Gasteiger partial charge in [-0.2, -0.15) is 13.2 Å². The molecule has 1 aromatic heterocycles. The van der Waals surface area contributed by atoms with Gasteiger partial charge in [0.05, 0.1) is 27.2 Å². The Morgan fingerprint density at radius 1 is 1.17 bits per heavy atom. The molecule has 0 fully saturated rings. The van der Waals surface area contributed by atoms with Gasteiger partial charge >= 0.3 is 12.1 Å². The van der Waals surface area contributed by atoms with Gasteiger partial charge in [-0.1, -0.05) is 28.1 Å². The Hall–Kier alpha value is -2.46. The Kier molecular flexibility index (Phi) is 5.44. The van der Waals surface area contributed by atoms with Crippen molar-refractivity contribution in [2.45, 2.75) is 16.4 Å². The van der Waals surface area contributed by atoms with Crippen LogP contribution >= 0.6 is 15.9 Å². The molecule has 0 saturated heterocycles. The van der Waals surface area contributed by atoms with E-state index < -0.39 is 27.5 Å². The second kappa shape index (κ2) is 7.42. The molecule has 0 radical (unpaired) electrons. The molecule has 0 aliphatic heterocycles. The fraction of sp³-hybridized carbons (Fsp3) is 0.158. The number of hydrogen-bond donors (Lipinski definition) is 1. The Labute approximate surface area is 172 Å². The monoisotopic (exact) mass is 487 g/mol. The summed E-state index contributed by atoms with van der Waals surface area (Å²) >= 11 is 3.18. The number of carbonyl (C=O) groups is 1. The number of fused-ring (bicyclic) bond motifs is 1. The molecule has 5 nitrogen and oxygen atoms in total. The van der Waals surface area contributed by atoms with E-state index in [2.05, 4.69) is 20.9 Å². The molecule has 0 amide bonds. The first-order valence-corrected chi connectivity index (χ1v) is 11.1. The van der Waals surface area contributed by atoms with Crippen LogP contribution in [-0.4, -0.2) is 30.7 Å². The van der Waals surface area contributed by atoms with E-state index in [-0.39, 0.29) is 43.5 Å². The number of halogens is 4. The number of hydrogen-bond acceptors (Lipinski definition) is 4. The number of carboxylic acids is 1. The lowest BCUT2D eigenvalue weighted by molar-refractivity contribution is -0.137. The van der Waals surface area contributed by atoms with Crippen LogP contribution in [-0.2, 0) is 21.3 Å². The highest BCUT2D eigenvalue weighted by Crippen LogP contribution is 2.36. The largest absolute Gasteiger partial charge is 0.478 e. The van der Waals surface area contributed by atoms with Crippen molar-refractivity contribution in [3.8, 4) is 11.3 Å².